The van der Waals surface area contributed by atoms with Gasteiger partial charge in [0.1, 0.15) is 0 Å². The van der Waals surface area contributed by atoms with Crippen LogP contribution in [0.15, 0.2) is 24.3 Å². The van der Waals surface area contributed by atoms with Gasteiger partial charge in [0, 0.05) is 5.69 Å². The highest BCUT2D eigenvalue weighted by Gasteiger charge is 2.00. The van der Waals surface area contributed by atoms with E-state index in [1.165, 1.54) is 57.6 Å². The Bertz CT molecular complexity index is 373. The smallest absolute Gasteiger partial charge is 0.411 e. The number of carbonyl (C=O) groups is 1. The molecule has 1 N–H and O–H groups in total. The second-order valence-corrected chi connectivity index (χ2v) is 5.18. The van der Waals surface area contributed by atoms with E-state index in [0.29, 0.717) is 0 Å². The van der Waals surface area contributed by atoms with Crippen LogP contribution >= 0.6 is 0 Å². The number of unbranched alkanes of at least 4 members (excludes halogenated alkanes) is 6. The number of methoxy groups -OCH3 is 1. The fourth-order valence-electron chi connectivity index (χ4n) is 2.21. The second kappa shape index (κ2) is 10.3. The molecule has 1 amide bonds. The minimum absolute atomic E-state index is 0.426. The number of anilines is 1. The van der Waals surface area contributed by atoms with Crippen LogP contribution in [0.2, 0.25) is 0 Å². The summed E-state index contributed by atoms with van der Waals surface area (Å²) in [7, 11) is 1.37. The van der Waals surface area contributed by atoms with E-state index in [1.54, 1.807) is 0 Å². The molecule has 0 aliphatic heterocycles. The molecular weight excluding hydrogens is 250 g/mol. The number of benzene rings is 1. The monoisotopic (exact) mass is 277 g/mol. The van der Waals surface area contributed by atoms with Gasteiger partial charge < -0.3 is 4.74 Å². The second-order valence-electron chi connectivity index (χ2n) is 5.18. The van der Waals surface area contributed by atoms with E-state index >= 15 is 0 Å². The molecule has 3 nitrogen and oxygen atoms in total. The van der Waals surface area contributed by atoms with Crippen LogP contribution in [0.3, 0.4) is 0 Å². The maximum Gasteiger partial charge on any atom is 0.411 e. The van der Waals surface area contributed by atoms with Gasteiger partial charge in [0.05, 0.1) is 7.11 Å². The maximum absolute atomic E-state index is 11.1. The Balaban J connectivity index is 2.16. The maximum atomic E-state index is 11.1. The topological polar surface area (TPSA) is 38.3 Å². The number of ether oxygens (including phenoxy) is 1. The number of carbonyl (C=O) groups excluding carboxylic acids is 1. The number of hydrogen-bond donors (Lipinski definition) is 1. The van der Waals surface area contributed by atoms with Gasteiger partial charge in [-0.25, -0.2) is 4.79 Å². The molecule has 0 saturated heterocycles. The van der Waals surface area contributed by atoms with Crippen molar-refractivity contribution in [2.24, 2.45) is 0 Å². The van der Waals surface area contributed by atoms with Gasteiger partial charge in [-0.05, 0) is 30.5 Å². The summed E-state index contributed by atoms with van der Waals surface area (Å²) in [6.45, 7) is 2.25. The highest BCUT2D eigenvalue weighted by molar-refractivity contribution is 5.84. The Kier molecular flexibility index (Phi) is 8.52. The Labute approximate surface area is 122 Å². The Hall–Kier alpha value is -1.51. The molecule has 1 aromatic rings. The van der Waals surface area contributed by atoms with Gasteiger partial charge in [-0.1, -0.05) is 57.6 Å². The molecule has 20 heavy (non-hydrogen) atoms. The van der Waals surface area contributed by atoms with Crippen molar-refractivity contribution in [1.29, 1.82) is 0 Å². The predicted molar refractivity (Wildman–Crippen MR) is 84.2 cm³/mol. The zero-order chi connectivity index (χ0) is 14.6. The van der Waals surface area contributed by atoms with Crippen molar-refractivity contribution in [2.75, 3.05) is 12.4 Å². The summed E-state index contributed by atoms with van der Waals surface area (Å²) < 4.78 is 4.55. The van der Waals surface area contributed by atoms with Crippen LogP contribution in [0.5, 0.6) is 0 Å². The van der Waals surface area contributed by atoms with Crippen LogP contribution < -0.4 is 5.32 Å². The summed E-state index contributed by atoms with van der Waals surface area (Å²) in [5.74, 6) is 0. The van der Waals surface area contributed by atoms with E-state index < -0.39 is 6.09 Å². The molecule has 3 heteroatoms. The fraction of sp³-hybridized carbons (Fsp3) is 0.588. The summed E-state index contributed by atoms with van der Waals surface area (Å²) >= 11 is 0. The number of rotatable bonds is 9. The highest BCUT2D eigenvalue weighted by Crippen LogP contribution is 2.14. The van der Waals surface area contributed by atoms with Crippen LogP contribution in [-0.2, 0) is 11.2 Å². The number of hydrogen-bond acceptors (Lipinski definition) is 2. The van der Waals surface area contributed by atoms with Gasteiger partial charge in [0.15, 0.2) is 0 Å². The molecule has 0 aromatic heterocycles. The van der Waals surface area contributed by atoms with Crippen molar-refractivity contribution in [3.63, 3.8) is 0 Å². The van der Waals surface area contributed by atoms with Gasteiger partial charge in [-0.3, -0.25) is 5.32 Å². The van der Waals surface area contributed by atoms with E-state index in [1.807, 2.05) is 12.1 Å². The van der Waals surface area contributed by atoms with Crippen LogP contribution in [0.4, 0.5) is 10.5 Å². The fourth-order valence-corrected chi connectivity index (χ4v) is 2.21. The quantitative estimate of drug-likeness (QED) is 0.633. The van der Waals surface area contributed by atoms with Crippen LogP contribution in [0.25, 0.3) is 0 Å². The average Bonchev–Trinajstić information content (AvgIpc) is 2.48. The summed E-state index contributed by atoms with van der Waals surface area (Å²) in [6.07, 6.45) is 10.0. The van der Waals surface area contributed by atoms with Gasteiger partial charge in [0.2, 0.25) is 0 Å². The summed E-state index contributed by atoms with van der Waals surface area (Å²) in [4.78, 5) is 11.1. The van der Waals surface area contributed by atoms with Crippen molar-refractivity contribution >= 4 is 11.8 Å². The molecule has 0 spiro atoms. The van der Waals surface area contributed by atoms with Gasteiger partial charge in [-0.15, -0.1) is 0 Å². The third kappa shape index (κ3) is 7.17. The highest BCUT2D eigenvalue weighted by atomic mass is 16.5. The predicted octanol–water partition coefficient (Wildman–Crippen LogP) is 5.16. The zero-order valence-corrected chi connectivity index (χ0v) is 12.8. The van der Waals surface area contributed by atoms with Crippen molar-refractivity contribution < 1.29 is 9.53 Å². The lowest BCUT2D eigenvalue weighted by Gasteiger charge is -2.05. The van der Waals surface area contributed by atoms with Crippen LogP contribution in [-0.4, -0.2) is 13.2 Å². The number of aryl methyl sites for hydroxylation is 1. The molecule has 0 saturated carbocycles. The Morgan fingerprint density at radius 1 is 1.00 bits per heavy atom. The number of amides is 1. The first-order valence-corrected chi connectivity index (χ1v) is 7.70. The van der Waals surface area contributed by atoms with Crippen LogP contribution in [0, 0.1) is 0 Å². The molecule has 112 valence electrons. The van der Waals surface area contributed by atoms with E-state index in [9.17, 15) is 4.79 Å². The Morgan fingerprint density at radius 2 is 1.60 bits per heavy atom. The Morgan fingerprint density at radius 3 is 2.20 bits per heavy atom. The van der Waals surface area contributed by atoms with E-state index in [-0.39, 0.29) is 0 Å². The largest absolute Gasteiger partial charge is 0.453 e. The summed E-state index contributed by atoms with van der Waals surface area (Å²) in [6, 6.07) is 7.99. The first kappa shape index (κ1) is 16.5. The molecule has 0 aliphatic carbocycles. The van der Waals surface area contributed by atoms with Crippen molar-refractivity contribution in [3.05, 3.63) is 29.8 Å². The lowest BCUT2D eigenvalue weighted by atomic mass is 10.0. The minimum Gasteiger partial charge on any atom is -0.453 e. The van der Waals surface area contributed by atoms with Crippen LogP contribution in [0.1, 0.15) is 57.4 Å². The van der Waals surface area contributed by atoms with Gasteiger partial charge >= 0.3 is 6.09 Å². The SMILES string of the molecule is CCCCCCCCCc1ccc(NC(=O)OC)cc1. The third-order valence-electron chi connectivity index (χ3n) is 3.45. The summed E-state index contributed by atoms with van der Waals surface area (Å²) in [5, 5.41) is 2.65. The lowest BCUT2D eigenvalue weighted by molar-refractivity contribution is 0.187. The van der Waals surface area contributed by atoms with E-state index in [0.717, 1.165) is 12.1 Å². The van der Waals surface area contributed by atoms with Crippen molar-refractivity contribution in [3.8, 4) is 0 Å². The summed E-state index contributed by atoms with van der Waals surface area (Å²) in [5.41, 5.74) is 2.11. The minimum atomic E-state index is -0.426. The normalized spacial score (nSPS) is 10.3. The molecule has 1 rings (SSSR count). The molecule has 0 fully saturated rings. The first-order chi connectivity index (χ1) is 9.76. The molecule has 0 heterocycles. The molecule has 0 bridgehead atoms. The zero-order valence-electron chi connectivity index (χ0n) is 12.8. The number of nitrogens with one attached hydrogen (secondary N) is 1. The van der Waals surface area contributed by atoms with Gasteiger partial charge in [0.25, 0.3) is 0 Å². The van der Waals surface area contributed by atoms with E-state index in [2.05, 4.69) is 29.1 Å². The molecule has 1 aromatic carbocycles. The van der Waals surface area contributed by atoms with Gasteiger partial charge in [-0.2, -0.15) is 0 Å². The van der Waals surface area contributed by atoms with Crippen molar-refractivity contribution in [2.45, 2.75) is 58.3 Å². The molecule has 0 radical (unpaired) electrons. The lowest BCUT2D eigenvalue weighted by Crippen LogP contribution is -2.10. The third-order valence-corrected chi connectivity index (χ3v) is 3.45. The molecule has 0 aliphatic rings. The molecule has 0 atom stereocenters. The standard InChI is InChI=1S/C17H27NO2/c1-3-4-5-6-7-8-9-10-15-11-13-16(14-12-15)18-17(19)20-2/h11-14H,3-10H2,1-2H3,(H,18,19). The molecule has 0 unspecified atom stereocenters. The average molecular weight is 277 g/mol. The first-order valence-electron chi connectivity index (χ1n) is 7.70. The van der Waals surface area contributed by atoms with Crippen molar-refractivity contribution in [1.82, 2.24) is 0 Å². The van der Waals surface area contributed by atoms with E-state index in [4.69, 9.17) is 0 Å². The molecular formula is C17H27NO2.